The number of benzene rings is 2. The first-order chi connectivity index (χ1) is 20.6. The average Bonchev–Trinajstić information content (AvgIpc) is 2.97. The molecule has 4 atom stereocenters. The van der Waals surface area contributed by atoms with E-state index in [1.807, 2.05) is 77.1 Å². The van der Waals surface area contributed by atoms with Crippen LogP contribution >= 0.6 is 0 Å². The summed E-state index contributed by atoms with van der Waals surface area (Å²) in [6, 6.07) is 14.8. The van der Waals surface area contributed by atoms with Crippen molar-refractivity contribution in [1.82, 2.24) is 15.9 Å². The maximum absolute atomic E-state index is 13.3. The van der Waals surface area contributed by atoms with Crippen molar-refractivity contribution in [2.24, 2.45) is 29.4 Å². The van der Waals surface area contributed by atoms with Crippen LogP contribution in [0.2, 0.25) is 0 Å². The summed E-state index contributed by atoms with van der Waals surface area (Å²) in [5.41, 5.74) is 12.1. The van der Waals surface area contributed by atoms with Crippen LogP contribution in [0.25, 0.3) is 6.08 Å². The fourth-order valence-corrected chi connectivity index (χ4v) is 4.70. The van der Waals surface area contributed by atoms with E-state index < -0.39 is 39.8 Å². The Hall–Kier alpha value is -3.58. The van der Waals surface area contributed by atoms with Crippen LogP contribution in [0.1, 0.15) is 65.0 Å². The minimum atomic E-state index is -4.02. The van der Waals surface area contributed by atoms with Gasteiger partial charge in [-0.25, -0.2) is 5.48 Å². The maximum atomic E-state index is 13.3. The largest absolute Gasteiger partial charge is 0.320 e. The van der Waals surface area contributed by atoms with Gasteiger partial charge in [0.25, 0.3) is 16.0 Å². The minimum Gasteiger partial charge on any atom is -0.320 e. The Morgan fingerprint density at radius 3 is 2.02 bits per heavy atom. The van der Waals surface area contributed by atoms with Crippen LogP contribution in [0, 0.1) is 30.6 Å². The molecule has 0 unspecified atom stereocenters. The van der Waals surface area contributed by atoms with Crippen LogP contribution in [-0.4, -0.2) is 53.5 Å². The number of nitrogens with two attached hydrogens (primary N) is 1. The first-order valence-corrected chi connectivity index (χ1v) is 16.1. The third-order valence-electron chi connectivity index (χ3n) is 6.91. The average molecular weight is 633 g/mol. The molecule has 0 aromatic heterocycles. The Morgan fingerprint density at radius 2 is 1.55 bits per heavy atom. The number of hydrazine groups is 1. The molecule has 2 aromatic rings. The third-order valence-corrected chi connectivity index (χ3v) is 7.77. The molecule has 0 aliphatic heterocycles. The predicted octanol–water partition coefficient (Wildman–Crippen LogP) is 4.37. The number of allylic oxidation sites excluding steroid dienone is 1. The molecule has 0 fully saturated rings. The van der Waals surface area contributed by atoms with E-state index in [4.69, 9.17) is 10.3 Å². The zero-order chi connectivity index (χ0) is 33.4. The van der Waals surface area contributed by atoms with Crippen LogP contribution < -0.4 is 16.6 Å². The van der Waals surface area contributed by atoms with Crippen molar-refractivity contribution < 1.29 is 32.6 Å². The molecule has 0 aliphatic carbocycles. The molecule has 0 aliphatic rings. The van der Waals surface area contributed by atoms with Gasteiger partial charge in [0.05, 0.1) is 22.8 Å². The number of hydrogen-bond donors (Lipinski definition) is 5. The van der Waals surface area contributed by atoms with Gasteiger partial charge in [-0.15, -0.1) is 0 Å². The first kappa shape index (κ1) is 38.4. The molecule has 12 heteroatoms. The van der Waals surface area contributed by atoms with Crippen molar-refractivity contribution >= 4 is 33.9 Å². The molecular weight excluding hydrogens is 584 g/mol. The van der Waals surface area contributed by atoms with Crippen molar-refractivity contribution in [3.8, 4) is 0 Å². The smallest absolute Gasteiger partial charge is 0.294 e. The second-order valence-electron chi connectivity index (χ2n) is 11.4. The summed E-state index contributed by atoms with van der Waals surface area (Å²) >= 11 is 0. The Bertz CT molecular complexity index is 1310. The molecule has 244 valence electrons. The zero-order valence-corrected chi connectivity index (χ0v) is 27.3. The lowest BCUT2D eigenvalue weighted by Gasteiger charge is -2.31. The molecule has 2 rings (SSSR count). The highest BCUT2D eigenvalue weighted by atomic mass is 32.2. The SMILES string of the molecule is CC[C@H](C)CN(NC(=O)[C@H](CC(C)C)[C@H](C/C=C/c1ccccc1)C(=O)NO)C(=O)[C@@H](C)N.Cc1ccc(S(=O)(=O)O)cc1. The molecule has 0 spiro atoms. The van der Waals surface area contributed by atoms with Gasteiger partial charge in [-0.3, -0.25) is 34.6 Å². The number of aryl methyl sites for hydroxylation is 1. The van der Waals surface area contributed by atoms with Crippen molar-refractivity contribution in [1.29, 1.82) is 0 Å². The predicted molar refractivity (Wildman–Crippen MR) is 170 cm³/mol. The van der Waals surface area contributed by atoms with E-state index >= 15 is 0 Å². The van der Waals surface area contributed by atoms with Gasteiger partial charge in [-0.1, -0.05) is 94.3 Å². The Morgan fingerprint density at radius 1 is 0.955 bits per heavy atom. The number of nitrogens with zero attached hydrogens (tertiary/aromatic N) is 1. The standard InChI is InChI=1S/C25H40N4O4.C7H8O3S/c1-6-18(4)16-29(25(32)19(5)26)27-23(30)22(15-17(2)3)21(24(31)28-33)14-10-13-20-11-8-7-9-12-20;1-6-2-4-7(5-3-6)11(8,9)10/h7-13,17-19,21-22,33H,6,14-16,26H2,1-5H3,(H,27,30)(H,28,31);2-5H,1H3,(H,8,9,10)/b13-10+;/t18-,19+,21-,22+;/m0./s1. The van der Waals surface area contributed by atoms with E-state index in [0.29, 0.717) is 13.0 Å². The Kier molecular flexibility index (Phi) is 16.6. The van der Waals surface area contributed by atoms with Gasteiger partial charge >= 0.3 is 0 Å². The number of amides is 3. The van der Waals surface area contributed by atoms with Gasteiger partial charge in [0.1, 0.15) is 0 Å². The van der Waals surface area contributed by atoms with Crippen LogP contribution in [0.15, 0.2) is 65.6 Å². The lowest BCUT2D eigenvalue weighted by molar-refractivity contribution is -0.148. The number of nitrogens with one attached hydrogen (secondary N) is 2. The molecule has 0 saturated carbocycles. The fourth-order valence-electron chi connectivity index (χ4n) is 4.22. The Labute approximate surface area is 261 Å². The number of carbonyl (C=O) groups excluding carboxylic acids is 3. The molecule has 0 bridgehead atoms. The molecule has 0 saturated heterocycles. The summed E-state index contributed by atoms with van der Waals surface area (Å²) in [5, 5.41) is 10.6. The lowest BCUT2D eigenvalue weighted by Crippen LogP contribution is -2.55. The number of hydrogen-bond acceptors (Lipinski definition) is 7. The van der Waals surface area contributed by atoms with Gasteiger partial charge < -0.3 is 5.73 Å². The summed E-state index contributed by atoms with van der Waals surface area (Å²) in [6.45, 7) is 11.6. The molecule has 0 heterocycles. The second kappa shape index (κ2) is 18.9. The minimum absolute atomic E-state index is 0.0666. The van der Waals surface area contributed by atoms with Crippen molar-refractivity contribution in [2.75, 3.05) is 6.54 Å². The van der Waals surface area contributed by atoms with E-state index in [1.54, 1.807) is 24.5 Å². The summed E-state index contributed by atoms with van der Waals surface area (Å²) in [6.07, 6.45) is 5.18. The van der Waals surface area contributed by atoms with Crippen molar-refractivity contribution in [3.63, 3.8) is 0 Å². The van der Waals surface area contributed by atoms with Crippen LogP contribution in [-0.2, 0) is 24.5 Å². The van der Waals surface area contributed by atoms with Gasteiger partial charge in [-0.05, 0) is 56.2 Å². The summed E-state index contributed by atoms with van der Waals surface area (Å²) in [5.74, 6) is -2.77. The second-order valence-corrected chi connectivity index (χ2v) is 12.8. The first-order valence-electron chi connectivity index (χ1n) is 14.7. The summed E-state index contributed by atoms with van der Waals surface area (Å²) in [7, 11) is -4.02. The van der Waals surface area contributed by atoms with Crippen LogP contribution in [0.3, 0.4) is 0 Å². The molecule has 6 N–H and O–H groups in total. The molecule has 3 amide bonds. The van der Waals surface area contributed by atoms with Gasteiger partial charge in [-0.2, -0.15) is 8.42 Å². The highest BCUT2D eigenvalue weighted by Crippen LogP contribution is 2.26. The van der Waals surface area contributed by atoms with Crippen molar-refractivity contribution in [3.05, 3.63) is 71.8 Å². The topological polar surface area (TPSA) is 179 Å². The van der Waals surface area contributed by atoms with Crippen molar-refractivity contribution in [2.45, 2.75) is 71.7 Å². The number of hydroxylamine groups is 1. The summed E-state index contributed by atoms with van der Waals surface area (Å²) < 4.78 is 29.6. The monoisotopic (exact) mass is 632 g/mol. The van der Waals surface area contributed by atoms with E-state index in [9.17, 15) is 28.0 Å². The molecule has 44 heavy (non-hydrogen) atoms. The van der Waals surface area contributed by atoms with E-state index in [1.165, 1.54) is 17.1 Å². The lowest BCUT2D eigenvalue weighted by atomic mass is 9.82. The van der Waals surface area contributed by atoms with Gasteiger partial charge in [0.2, 0.25) is 11.8 Å². The molecule has 2 aromatic carbocycles. The number of rotatable bonds is 13. The van der Waals surface area contributed by atoms with E-state index in [-0.39, 0.29) is 29.1 Å². The molecule has 11 nitrogen and oxygen atoms in total. The van der Waals surface area contributed by atoms with E-state index in [0.717, 1.165) is 17.5 Å². The zero-order valence-electron chi connectivity index (χ0n) is 26.4. The van der Waals surface area contributed by atoms with Gasteiger partial charge in [0.15, 0.2) is 0 Å². The molecular formula is C32H48N4O7S. The maximum Gasteiger partial charge on any atom is 0.294 e. The Balaban J connectivity index is 0.000000733. The highest BCUT2D eigenvalue weighted by Gasteiger charge is 2.35. The fraction of sp³-hybridized carbons (Fsp3) is 0.469. The highest BCUT2D eigenvalue weighted by molar-refractivity contribution is 7.85. The van der Waals surface area contributed by atoms with E-state index in [2.05, 4.69) is 5.43 Å². The quantitative estimate of drug-likeness (QED) is 0.123. The van der Waals surface area contributed by atoms with Gasteiger partial charge in [0, 0.05) is 6.54 Å². The van der Waals surface area contributed by atoms with Crippen LogP contribution in [0.4, 0.5) is 0 Å². The van der Waals surface area contributed by atoms with Crippen LogP contribution in [0.5, 0.6) is 0 Å². The molecule has 0 radical (unpaired) electrons. The third kappa shape index (κ3) is 13.8. The normalized spacial score (nSPS) is 14.1. The number of carbonyl (C=O) groups is 3. The summed E-state index contributed by atoms with van der Waals surface area (Å²) in [4.78, 5) is 38.5.